The molecule has 0 fully saturated rings. The molecule has 0 bridgehead atoms. The molecular formula is C18H19ClN2O2. The molecule has 0 saturated carbocycles. The van der Waals surface area contributed by atoms with E-state index in [9.17, 15) is 9.59 Å². The fourth-order valence-corrected chi connectivity index (χ4v) is 2.37. The summed E-state index contributed by atoms with van der Waals surface area (Å²) in [6.07, 6.45) is 0. The Morgan fingerprint density at radius 2 is 1.74 bits per heavy atom. The third kappa shape index (κ3) is 4.83. The quantitative estimate of drug-likeness (QED) is 0.791. The normalized spacial score (nSPS) is 11.6. The number of halogens is 1. The van der Waals surface area contributed by atoms with E-state index in [-0.39, 0.29) is 24.3 Å². The average molecular weight is 331 g/mol. The predicted octanol–water partition coefficient (Wildman–Crippen LogP) is 3.83. The van der Waals surface area contributed by atoms with Crippen molar-refractivity contribution in [2.45, 2.75) is 19.9 Å². The maximum absolute atomic E-state index is 12.1. The molecule has 2 rings (SSSR count). The second-order valence-electron chi connectivity index (χ2n) is 5.30. The number of carbonyl (C=O) groups is 2. The molecule has 2 aromatic carbocycles. The van der Waals surface area contributed by atoms with Gasteiger partial charge in [-0.15, -0.1) is 0 Å². The highest BCUT2D eigenvalue weighted by molar-refractivity contribution is 6.30. The molecule has 2 aromatic rings. The Labute approximate surface area is 140 Å². The van der Waals surface area contributed by atoms with Crippen LogP contribution < -0.4 is 10.6 Å². The van der Waals surface area contributed by atoms with E-state index in [4.69, 9.17) is 11.6 Å². The van der Waals surface area contributed by atoms with Crippen molar-refractivity contribution >= 4 is 29.0 Å². The lowest BCUT2D eigenvalue weighted by molar-refractivity contribution is -0.120. The van der Waals surface area contributed by atoms with Gasteiger partial charge in [-0.05, 0) is 43.7 Å². The van der Waals surface area contributed by atoms with Crippen LogP contribution in [0.2, 0.25) is 5.02 Å². The fourth-order valence-electron chi connectivity index (χ4n) is 2.25. The van der Waals surface area contributed by atoms with Crippen molar-refractivity contribution in [2.75, 3.05) is 11.9 Å². The number of benzene rings is 2. The maximum Gasteiger partial charge on any atom is 0.239 e. The van der Waals surface area contributed by atoms with E-state index in [0.717, 1.165) is 5.56 Å². The SMILES string of the molecule is CC(=O)c1ccccc1NCC(=O)NC(C)c1ccc(Cl)cc1. The predicted molar refractivity (Wildman–Crippen MR) is 92.9 cm³/mol. The van der Waals surface area contributed by atoms with Crippen molar-refractivity contribution in [1.29, 1.82) is 0 Å². The number of Topliss-reactive ketones (excluding diaryl/α,β-unsaturated/α-hetero) is 1. The first-order valence-corrected chi connectivity index (χ1v) is 7.74. The van der Waals surface area contributed by atoms with Gasteiger partial charge in [0, 0.05) is 16.3 Å². The van der Waals surface area contributed by atoms with Gasteiger partial charge in [-0.1, -0.05) is 35.9 Å². The summed E-state index contributed by atoms with van der Waals surface area (Å²) in [5.74, 6) is -0.186. The van der Waals surface area contributed by atoms with Crippen molar-refractivity contribution in [2.24, 2.45) is 0 Å². The highest BCUT2D eigenvalue weighted by Crippen LogP contribution is 2.17. The smallest absolute Gasteiger partial charge is 0.239 e. The Bertz CT molecular complexity index is 698. The Morgan fingerprint density at radius 3 is 2.39 bits per heavy atom. The second-order valence-corrected chi connectivity index (χ2v) is 5.73. The molecule has 0 saturated heterocycles. The van der Waals surface area contributed by atoms with Crippen LogP contribution in [0.3, 0.4) is 0 Å². The largest absolute Gasteiger partial charge is 0.376 e. The molecule has 1 amide bonds. The number of rotatable bonds is 6. The Balaban J connectivity index is 1.93. The number of anilines is 1. The first-order chi connectivity index (χ1) is 11.0. The van der Waals surface area contributed by atoms with E-state index in [1.54, 1.807) is 30.3 Å². The number of hydrogen-bond acceptors (Lipinski definition) is 3. The molecule has 4 nitrogen and oxygen atoms in total. The van der Waals surface area contributed by atoms with E-state index < -0.39 is 0 Å². The summed E-state index contributed by atoms with van der Waals surface area (Å²) in [6.45, 7) is 3.51. The number of hydrogen-bond donors (Lipinski definition) is 2. The second kappa shape index (κ2) is 7.79. The van der Waals surface area contributed by atoms with E-state index in [0.29, 0.717) is 16.3 Å². The summed E-state index contributed by atoms with van der Waals surface area (Å²) in [6, 6.07) is 14.4. The Morgan fingerprint density at radius 1 is 1.09 bits per heavy atom. The van der Waals surface area contributed by atoms with Gasteiger partial charge in [0.1, 0.15) is 0 Å². The summed E-state index contributed by atoms with van der Waals surface area (Å²) in [7, 11) is 0. The zero-order valence-corrected chi connectivity index (χ0v) is 13.9. The zero-order valence-electron chi connectivity index (χ0n) is 13.1. The summed E-state index contributed by atoms with van der Waals surface area (Å²) in [5, 5.41) is 6.57. The monoisotopic (exact) mass is 330 g/mol. The molecule has 0 aliphatic rings. The summed E-state index contributed by atoms with van der Waals surface area (Å²) in [4.78, 5) is 23.6. The minimum absolute atomic E-state index is 0.0389. The van der Waals surface area contributed by atoms with Gasteiger partial charge in [0.2, 0.25) is 5.91 Å². The van der Waals surface area contributed by atoms with E-state index in [2.05, 4.69) is 10.6 Å². The van der Waals surface area contributed by atoms with Crippen LogP contribution in [-0.2, 0) is 4.79 Å². The number of carbonyl (C=O) groups excluding carboxylic acids is 2. The van der Waals surface area contributed by atoms with Crippen molar-refractivity contribution in [3.05, 3.63) is 64.7 Å². The van der Waals surface area contributed by atoms with Crippen LogP contribution in [0.5, 0.6) is 0 Å². The summed E-state index contributed by atoms with van der Waals surface area (Å²) >= 11 is 5.86. The molecule has 0 aliphatic heterocycles. The lowest BCUT2D eigenvalue weighted by atomic mass is 10.1. The van der Waals surface area contributed by atoms with Crippen LogP contribution >= 0.6 is 11.6 Å². The number of nitrogens with one attached hydrogen (secondary N) is 2. The van der Waals surface area contributed by atoms with Crippen molar-refractivity contribution in [3.63, 3.8) is 0 Å². The Kier molecular flexibility index (Phi) is 5.77. The molecule has 2 N–H and O–H groups in total. The van der Waals surface area contributed by atoms with Crippen LogP contribution in [0, 0.1) is 0 Å². The number of ketones is 1. The highest BCUT2D eigenvalue weighted by Gasteiger charge is 2.11. The lowest BCUT2D eigenvalue weighted by Gasteiger charge is -2.16. The number of para-hydroxylation sites is 1. The minimum Gasteiger partial charge on any atom is -0.376 e. The minimum atomic E-state index is -0.147. The topological polar surface area (TPSA) is 58.2 Å². The maximum atomic E-state index is 12.1. The van der Waals surface area contributed by atoms with E-state index in [1.165, 1.54) is 6.92 Å². The first-order valence-electron chi connectivity index (χ1n) is 7.36. The fraction of sp³-hybridized carbons (Fsp3) is 0.222. The molecule has 0 aromatic heterocycles. The van der Waals surface area contributed by atoms with Crippen molar-refractivity contribution in [1.82, 2.24) is 5.32 Å². The molecule has 5 heteroatoms. The molecule has 0 spiro atoms. The lowest BCUT2D eigenvalue weighted by Crippen LogP contribution is -2.32. The third-order valence-corrected chi connectivity index (χ3v) is 3.75. The Hall–Kier alpha value is -2.33. The van der Waals surface area contributed by atoms with Gasteiger partial charge >= 0.3 is 0 Å². The van der Waals surface area contributed by atoms with Gasteiger partial charge < -0.3 is 10.6 Å². The van der Waals surface area contributed by atoms with Gasteiger partial charge in [-0.3, -0.25) is 9.59 Å². The number of amides is 1. The van der Waals surface area contributed by atoms with Gasteiger partial charge in [0.05, 0.1) is 12.6 Å². The standard InChI is InChI=1S/C18H19ClN2O2/c1-12(14-7-9-15(19)10-8-14)21-18(23)11-20-17-6-4-3-5-16(17)13(2)22/h3-10,12,20H,11H2,1-2H3,(H,21,23). The van der Waals surface area contributed by atoms with Crippen LogP contribution in [0.1, 0.15) is 35.8 Å². The van der Waals surface area contributed by atoms with Gasteiger partial charge in [-0.2, -0.15) is 0 Å². The van der Waals surface area contributed by atoms with Gasteiger partial charge in [0.25, 0.3) is 0 Å². The molecule has 23 heavy (non-hydrogen) atoms. The molecule has 1 unspecified atom stereocenters. The summed E-state index contributed by atoms with van der Waals surface area (Å²) in [5.41, 5.74) is 2.22. The van der Waals surface area contributed by atoms with Crippen LogP contribution in [0.15, 0.2) is 48.5 Å². The molecular weight excluding hydrogens is 312 g/mol. The summed E-state index contributed by atoms with van der Waals surface area (Å²) < 4.78 is 0. The average Bonchev–Trinajstić information content (AvgIpc) is 2.53. The molecule has 0 heterocycles. The van der Waals surface area contributed by atoms with Crippen LogP contribution in [0.25, 0.3) is 0 Å². The molecule has 0 aliphatic carbocycles. The van der Waals surface area contributed by atoms with Crippen molar-refractivity contribution < 1.29 is 9.59 Å². The third-order valence-electron chi connectivity index (χ3n) is 3.49. The first kappa shape index (κ1) is 17.0. The molecule has 120 valence electrons. The van der Waals surface area contributed by atoms with Crippen LogP contribution in [-0.4, -0.2) is 18.2 Å². The van der Waals surface area contributed by atoms with E-state index >= 15 is 0 Å². The van der Waals surface area contributed by atoms with Crippen LogP contribution in [0.4, 0.5) is 5.69 Å². The zero-order chi connectivity index (χ0) is 16.8. The van der Waals surface area contributed by atoms with E-state index in [1.807, 2.05) is 25.1 Å². The molecule has 0 radical (unpaired) electrons. The highest BCUT2D eigenvalue weighted by atomic mass is 35.5. The van der Waals surface area contributed by atoms with Gasteiger partial charge in [-0.25, -0.2) is 0 Å². The van der Waals surface area contributed by atoms with Gasteiger partial charge in [0.15, 0.2) is 5.78 Å². The van der Waals surface area contributed by atoms with Crippen molar-refractivity contribution in [3.8, 4) is 0 Å². The molecule has 1 atom stereocenters.